The van der Waals surface area contributed by atoms with Crippen molar-refractivity contribution in [3.63, 3.8) is 0 Å². The Morgan fingerprint density at radius 3 is 2.50 bits per heavy atom. The molecule has 1 saturated heterocycles. The first-order valence-corrected chi connectivity index (χ1v) is 8.72. The summed E-state index contributed by atoms with van der Waals surface area (Å²) in [6.07, 6.45) is 1.66. The molecule has 1 aliphatic rings. The molecule has 0 radical (unpaired) electrons. The third kappa shape index (κ3) is 6.30. The molecular formula is C16H23ClFN3O2S. The van der Waals surface area contributed by atoms with Crippen molar-refractivity contribution in [1.29, 1.82) is 0 Å². The maximum Gasteiger partial charge on any atom is 0.235 e. The Morgan fingerprint density at radius 1 is 1.33 bits per heavy atom. The number of amides is 2. The van der Waals surface area contributed by atoms with Gasteiger partial charge in [0.25, 0.3) is 0 Å². The van der Waals surface area contributed by atoms with Crippen molar-refractivity contribution in [3.8, 4) is 0 Å². The SMILES string of the molecule is CC(SCC(=O)Nc1ccc(F)cc1)C(=O)N1CCC(N)CC1.Cl. The number of hydrogen-bond donors (Lipinski definition) is 2. The van der Waals surface area contributed by atoms with Gasteiger partial charge in [0, 0.05) is 24.8 Å². The van der Waals surface area contributed by atoms with Crippen molar-refractivity contribution in [2.75, 3.05) is 24.2 Å². The third-order valence-electron chi connectivity index (χ3n) is 3.79. The monoisotopic (exact) mass is 375 g/mol. The number of nitrogens with zero attached hydrogens (tertiary/aromatic N) is 1. The molecule has 5 nitrogen and oxygen atoms in total. The van der Waals surface area contributed by atoms with Gasteiger partial charge in [0.15, 0.2) is 0 Å². The Balaban J connectivity index is 0.00000288. The quantitative estimate of drug-likeness (QED) is 0.827. The Labute approximate surface area is 151 Å². The van der Waals surface area contributed by atoms with Gasteiger partial charge in [-0.25, -0.2) is 4.39 Å². The van der Waals surface area contributed by atoms with Crippen molar-refractivity contribution in [2.45, 2.75) is 31.1 Å². The molecule has 3 N–H and O–H groups in total. The summed E-state index contributed by atoms with van der Waals surface area (Å²) in [4.78, 5) is 26.0. The van der Waals surface area contributed by atoms with E-state index in [1.165, 1.54) is 36.0 Å². The van der Waals surface area contributed by atoms with Crippen LogP contribution in [0.2, 0.25) is 0 Å². The summed E-state index contributed by atoms with van der Waals surface area (Å²) in [5.74, 6) is -0.325. The molecule has 1 heterocycles. The van der Waals surface area contributed by atoms with Gasteiger partial charge in [-0.2, -0.15) is 0 Å². The smallest absolute Gasteiger partial charge is 0.235 e. The van der Waals surface area contributed by atoms with Crippen LogP contribution in [0.25, 0.3) is 0 Å². The fraction of sp³-hybridized carbons (Fsp3) is 0.500. The average Bonchev–Trinajstić information content (AvgIpc) is 2.55. The number of hydrogen-bond acceptors (Lipinski definition) is 4. The number of carbonyl (C=O) groups excluding carboxylic acids is 2. The molecule has 134 valence electrons. The first-order chi connectivity index (χ1) is 11.0. The molecule has 0 bridgehead atoms. The highest BCUT2D eigenvalue weighted by Crippen LogP contribution is 2.17. The number of piperidine rings is 1. The number of nitrogens with one attached hydrogen (secondary N) is 1. The van der Waals surface area contributed by atoms with E-state index in [1.54, 1.807) is 0 Å². The summed E-state index contributed by atoms with van der Waals surface area (Å²) in [6.45, 7) is 3.19. The largest absolute Gasteiger partial charge is 0.342 e. The van der Waals surface area contributed by atoms with Crippen LogP contribution in [0, 0.1) is 5.82 Å². The predicted molar refractivity (Wildman–Crippen MR) is 98.0 cm³/mol. The van der Waals surface area contributed by atoms with Crippen molar-refractivity contribution in [3.05, 3.63) is 30.1 Å². The van der Waals surface area contributed by atoms with Gasteiger partial charge >= 0.3 is 0 Å². The van der Waals surface area contributed by atoms with Gasteiger partial charge < -0.3 is 16.0 Å². The molecule has 24 heavy (non-hydrogen) atoms. The number of halogens is 2. The molecule has 0 aromatic heterocycles. The normalized spacial score (nSPS) is 16.2. The van der Waals surface area contributed by atoms with E-state index in [9.17, 15) is 14.0 Å². The zero-order valence-corrected chi connectivity index (χ0v) is 15.2. The minimum atomic E-state index is -0.349. The Kier molecular flexibility index (Phi) is 8.52. The van der Waals surface area contributed by atoms with E-state index in [4.69, 9.17) is 5.73 Å². The lowest BCUT2D eigenvalue weighted by Gasteiger charge is -2.31. The van der Waals surface area contributed by atoms with Gasteiger partial charge in [0.2, 0.25) is 11.8 Å². The van der Waals surface area contributed by atoms with Gasteiger partial charge in [-0.15, -0.1) is 24.2 Å². The van der Waals surface area contributed by atoms with Crippen molar-refractivity contribution in [2.24, 2.45) is 5.73 Å². The molecule has 0 saturated carbocycles. The van der Waals surface area contributed by atoms with E-state index in [0.29, 0.717) is 18.8 Å². The van der Waals surface area contributed by atoms with Crippen LogP contribution in [0.5, 0.6) is 0 Å². The molecule has 1 atom stereocenters. The van der Waals surface area contributed by atoms with Crippen LogP contribution in [0.15, 0.2) is 24.3 Å². The predicted octanol–water partition coefficient (Wildman–Crippen LogP) is 2.26. The lowest BCUT2D eigenvalue weighted by Crippen LogP contribution is -2.45. The molecule has 8 heteroatoms. The summed E-state index contributed by atoms with van der Waals surface area (Å²) in [5.41, 5.74) is 6.38. The highest BCUT2D eigenvalue weighted by Gasteiger charge is 2.25. The van der Waals surface area contributed by atoms with Crippen LogP contribution in [-0.4, -0.2) is 46.8 Å². The highest BCUT2D eigenvalue weighted by atomic mass is 35.5. The maximum atomic E-state index is 12.8. The second-order valence-corrected chi connectivity index (χ2v) is 7.00. The number of rotatable bonds is 5. The van der Waals surface area contributed by atoms with Crippen molar-refractivity contribution >= 4 is 41.7 Å². The fourth-order valence-electron chi connectivity index (χ4n) is 2.38. The summed E-state index contributed by atoms with van der Waals surface area (Å²) in [5, 5.41) is 2.41. The Morgan fingerprint density at radius 2 is 1.92 bits per heavy atom. The van der Waals surface area contributed by atoms with Gasteiger partial charge in [0.1, 0.15) is 5.82 Å². The van der Waals surface area contributed by atoms with Crippen LogP contribution in [0.1, 0.15) is 19.8 Å². The van der Waals surface area contributed by atoms with Gasteiger partial charge in [-0.1, -0.05) is 0 Å². The van der Waals surface area contributed by atoms with Crippen LogP contribution < -0.4 is 11.1 Å². The van der Waals surface area contributed by atoms with Crippen LogP contribution in [0.4, 0.5) is 10.1 Å². The molecule has 1 aromatic rings. The lowest BCUT2D eigenvalue weighted by molar-refractivity contribution is -0.131. The molecule has 0 spiro atoms. The summed E-state index contributed by atoms with van der Waals surface area (Å²) in [6, 6.07) is 5.77. The molecule has 1 unspecified atom stereocenters. The third-order valence-corrected chi connectivity index (χ3v) is 4.92. The molecule has 1 fully saturated rings. The number of carbonyl (C=O) groups is 2. The van der Waals surface area contributed by atoms with Crippen LogP contribution >= 0.6 is 24.2 Å². The number of likely N-dealkylation sites (tertiary alicyclic amines) is 1. The number of thioether (sulfide) groups is 1. The van der Waals surface area contributed by atoms with Crippen molar-refractivity contribution < 1.29 is 14.0 Å². The molecule has 2 rings (SSSR count). The van der Waals surface area contributed by atoms with E-state index in [2.05, 4.69) is 5.32 Å². The van der Waals surface area contributed by atoms with Gasteiger partial charge in [-0.3, -0.25) is 9.59 Å². The Hall–Kier alpha value is -1.31. The van der Waals surface area contributed by atoms with Crippen LogP contribution in [0.3, 0.4) is 0 Å². The number of benzene rings is 1. The molecule has 1 aliphatic heterocycles. The summed E-state index contributed by atoms with van der Waals surface area (Å²) >= 11 is 1.30. The zero-order chi connectivity index (χ0) is 16.8. The molecule has 1 aromatic carbocycles. The highest BCUT2D eigenvalue weighted by molar-refractivity contribution is 8.01. The summed E-state index contributed by atoms with van der Waals surface area (Å²) in [7, 11) is 0. The minimum absolute atomic E-state index is 0. The van der Waals surface area contributed by atoms with Gasteiger partial charge in [0.05, 0.1) is 11.0 Å². The van der Waals surface area contributed by atoms with Crippen LogP contribution in [-0.2, 0) is 9.59 Å². The second kappa shape index (κ2) is 9.86. The first-order valence-electron chi connectivity index (χ1n) is 7.67. The van der Waals surface area contributed by atoms with E-state index in [0.717, 1.165) is 12.8 Å². The first kappa shape index (κ1) is 20.7. The van der Waals surface area contributed by atoms with Gasteiger partial charge in [-0.05, 0) is 44.0 Å². The lowest BCUT2D eigenvalue weighted by atomic mass is 10.1. The topological polar surface area (TPSA) is 75.4 Å². The van der Waals surface area contributed by atoms with E-state index < -0.39 is 0 Å². The fourth-order valence-corrected chi connectivity index (χ4v) is 3.14. The van der Waals surface area contributed by atoms with E-state index in [-0.39, 0.29) is 47.1 Å². The second-order valence-electron chi connectivity index (χ2n) is 5.67. The minimum Gasteiger partial charge on any atom is -0.342 e. The van der Waals surface area contributed by atoms with E-state index >= 15 is 0 Å². The number of anilines is 1. The zero-order valence-electron chi connectivity index (χ0n) is 13.5. The average molecular weight is 376 g/mol. The summed E-state index contributed by atoms with van der Waals surface area (Å²) < 4.78 is 12.8. The molecular weight excluding hydrogens is 353 g/mol. The molecule has 0 aliphatic carbocycles. The molecule has 2 amide bonds. The van der Waals surface area contributed by atoms with E-state index in [1.807, 2.05) is 11.8 Å². The Bertz CT molecular complexity index is 551. The standard InChI is InChI=1S/C16H22FN3O2S.ClH/c1-11(16(22)20-8-6-13(18)7-9-20)23-10-15(21)19-14-4-2-12(17)3-5-14;/h2-5,11,13H,6-10,18H2,1H3,(H,19,21);1H. The van der Waals surface area contributed by atoms with Crippen molar-refractivity contribution in [1.82, 2.24) is 4.90 Å². The maximum absolute atomic E-state index is 12.8. The number of nitrogens with two attached hydrogens (primary N) is 1.